The first-order valence-corrected chi connectivity index (χ1v) is 6.70. The number of hydrogen-bond donors (Lipinski definition) is 1. The molecular formula is C16H14N2O4. The van der Waals surface area contributed by atoms with Gasteiger partial charge < -0.3 is 13.9 Å². The van der Waals surface area contributed by atoms with Crippen molar-refractivity contribution in [2.75, 3.05) is 0 Å². The van der Waals surface area contributed by atoms with Crippen LogP contribution in [0.3, 0.4) is 0 Å². The molecule has 1 N–H and O–H groups in total. The fraction of sp³-hybridized carbons (Fsp3) is 0.188. The highest BCUT2D eigenvalue weighted by Gasteiger charge is 2.13. The Morgan fingerprint density at radius 2 is 1.95 bits per heavy atom. The number of oxazole rings is 1. The van der Waals surface area contributed by atoms with Crippen molar-refractivity contribution < 1.29 is 13.9 Å². The van der Waals surface area contributed by atoms with Crippen LogP contribution in [-0.4, -0.2) is 15.1 Å². The van der Waals surface area contributed by atoms with E-state index in [0.29, 0.717) is 22.7 Å². The van der Waals surface area contributed by atoms with Crippen LogP contribution >= 0.6 is 0 Å². The Morgan fingerprint density at radius 3 is 2.64 bits per heavy atom. The smallest absolute Gasteiger partial charge is 0.362 e. The lowest BCUT2D eigenvalue weighted by molar-refractivity contribution is 0.446. The molecule has 0 aliphatic rings. The van der Waals surface area contributed by atoms with Gasteiger partial charge in [0.25, 0.3) is 0 Å². The molecule has 3 aromatic rings. The number of aryl methyl sites for hydroxylation is 3. The minimum Gasteiger partial charge on any atom is -0.504 e. The second kappa shape index (κ2) is 5.14. The lowest BCUT2D eigenvalue weighted by atomic mass is 10.2. The summed E-state index contributed by atoms with van der Waals surface area (Å²) in [7, 11) is 0. The molecule has 22 heavy (non-hydrogen) atoms. The van der Waals surface area contributed by atoms with E-state index in [1.807, 2.05) is 13.0 Å². The normalized spacial score (nSPS) is 12.0. The Kier molecular flexibility index (Phi) is 3.29. The highest BCUT2D eigenvalue weighted by molar-refractivity contribution is 5.77. The van der Waals surface area contributed by atoms with Gasteiger partial charge in [0, 0.05) is 13.0 Å². The van der Waals surface area contributed by atoms with Crippen molar-refractivity contribution in [3.05, 3.63) is 57.2 Å². The molecule has 2 aromatic heterocycles. The fourth-order valence-electron chi connectivity index (χ4n) is 2.18. The van der Waals surface area contributed by atoms with E-state index in [-0.39, 0.29) is 17.2 Å². The standard InChI is InChI=1S/C16H14N2O4/c1-8-4-5-14-11(6-8)18-12(16(20)22-14)7-13(19)15-9(2)17-10(3)21-15/h4-7,19H,1-3H3. The number of aromatic nitrogens is 2. The Labute approximate surface area is 125 Å². The van der Waals surface area contributed by atoms with Crippen molar-refractivity contribution in [1.82, 2.24) is 9.97 Å². The Bertz CT molecular complexity index is 950. The van der Waals surface area contributed by atoms with E-state index in [1.165, 1.54) is 6.08 Å². The molecule has 0 radical (unpaired) electrons. The van der Waals surface area contributed by atoms with Crippen LogP contribution in [0.2, 0.25) is 0 Å². The third kappa shape index (κ3) is 2.50. The van der Waals surface area contributed by atoms with Crippen LogP contribution < -0.4 is 5.63 Å². The van der Waals surface area contributed by atoms with Gasteiger partial charge in [-0.05, 0) is 31.5 Å². The van der Waals surface area contributed by atoms with Crippen LogP contribution in [0.15, 0.2) is 31.8 Å². The summed E-state index contributed by atoms with van der Waals surface area (Å²) < 4.78 is 10.5. The van der Waals surface area contributed by atoms with Gasteiger partial charge in [-0.1, -0.05) is 6.07 Å². The number of benzene rings is 1. The SMILES string of the molecule is Cc1ccc2oc(=O)c(C=C(O)c3oc(C)nc3C)nc2c1. The zero-order chi connectivity index (χ0) is 15.9. The predicted molar refractivity (Wildman–Crippen MR) is 81.5 cm³/mol. The highest BCUT2D eigenvalue weighted by Crippen LogP contribution is 2.20. The second-order valence-electron chi connectivity index (χ2n) is 5.03. The van der Waals surface area contributed by atoms with Gasteiger partial charge in [-0.3, -0.25) is 0 Å². The molecule has 0 amide bonds. The maximum absolute atomic E-state index is 11.9. The van der Waals surface area contributed by atoms with Gasteiger partial charge in [0.15, 0.2) is 28.7 Å². The van der Waals surface area contributed by atoms with Crippen molar-refractivity contribution in [2.24, 2.45) is 0 Å². The third-order valence-corrected chi connectivity index (χ3v) is 3.18. The largest absolute Gasteiger partial charge is 0.504 e. The molecule has 1 aromatic carbocycles. The second-order valence-corrected chi connectivity index (χ2v) is 5.03. The topological polar surface area (TPSA) is 89.4 Å². The summed E-state index contributed by atoms with van der Waals surface area (Å²) in [5.74, 6) is 0.425. The zero-order valence-corrected chi connectivity index (χ0v) is 12.4. The van der Waals surface area contributed by atoms with Gasteiger partial charge in [0.2, 0.25) is 0 Å². The predicted octanol–water partition coefficient (Wildman–Crippen LogP) is 3.16. The van der Waals surface area contributed by atoms with Crippen molar-refractivity contribution >= 4 is 22.9 Å². The molecule has 0 aliphatic carbocycles. The summed E-state index contributed by atoms with van der Waals surface area (Å²) in [6.07, 6.45) is 1.22. The third-order valence-electron chi connectivity index (χ3n) is 3.18. The molecule has 0 spiro atoms. The van der Waals surface area contributed by atoms with E-state index in [2.05, 4.69) is 9.97 Å². The lowest BCUT2D eigenvalue weighted by Crippen LogP contribution is -2.06. The molecule has 0 unspecified atom stereocenters. The van der Waals surface area contributed by atoms with Crippen LogP contribution in [0, 0.1) is 20.8 Å². The molecule has 0 fully saturated rings. The highest BCUT2D eigenvalue weighted by atomic mass is 16.4. The van der Waals surface area contributed by atoms with Gasteiger partial charge in [-0.2, -0.15) is 0 Å². The van der Waals surface area contributed by atoms with Crippen LogP contribution in [-0.2, 0) is 0 Å². The number of nitrogens with zero attached hydrogens (tertiary/aromatic N) is 2. The molecule has 3 rings (SSSR count). The zero-order valence-electron chi connectivity index (χ0n) is 12.4. The van der Waals surface area contributed by atoms with Gasteiger partial charge in [-0.25, -0.2) is 14.8 Å². The first kappa shape index (κ1) is 14.1. The minimum absolute atomic E-state index is 0.00375. The first-order chi connectivity index (χ1) is 10.4. The maximum Gasteiger partial charge on any atom is 0.362 e. The summed E-state index contributed by atoms with van der Waals surface area (Å²) in [6, 6.07) is 5.33. The maximum atomic E-state index is 11.9. The van der Waals surface area contributed by atoms with E-state index in [9.17, 15) is 9.90 Å². The monoisotopic (exact) mass is 298 g/mol. The Balaban J connectivity index is 2.13. The molecule has 0 atom stereocenters. The minimum atomic E-state index is -0.628. The van der Waals surface area contributed by atoms with Gasteiger partial charge in [0.1, 0.15) is 5.52 Å². The van der Waals surface area contributed by atoms with E-state index in [0.717, 1.165) is 5.56 Å². The van der Waals surface area contributed by atoms with Crippen molar-refractivity contribution in [3.8, 4) is 0 Å². The Hall–Kier alpha value is -2.89. The molecule has 6 nitrogen and oxygen atoms in total. The molecule has 0 saturated heterocycles. The van der Waals surface area contributed by atoms with Gasteiger partial charge in [-0.15, -0.1) is 0 Å². The molecule has 0 saturated carbocycles. The van der Waals surface area contributed by atoms with Crippen LogP contribution in [0.1, 0.15) is 28.6 Å². The number of aliphatic hydroxyl groups excluding tert-OH is 1. The summed E-state index contributed by atoms with van der Waals surface area (Å²) >= 11 is 0. The van der Waals surface area contributed by atoms with E-state index >= 15 is 0 Å². The average Bonchev–Trinajstić information content (AvgIpc) is 2.79. The summed E-state index contributed by atoms with van der Waals surface area (Å²) in [6.45, 7) is 5.30. The van der Waals surface area contributed by atoms with Crippen LogP contribution in [0.25, 0.3) is 22.9 Å². The molecule has 6 heteroatoms. The number of rotatable bonds is 2. The van der Waals surface area contributed by atoms with E-state index in [4.69, 9.17) is 8.83 Å². The molecular weight excluding hydrogens is 284 g/mol. The molecule has 2 heterocycles. The lowest BCUT2D eigenvalue weighted by Gasteiger charge is -2.00. The number of fused-ring (bicyclic) bond motifs is 1. The summed E-state index contributed by atoms with van der Waals surface area (Å²) in [5, 5.41) is 10.1. The molecule has 112 valence electrons. The van der Waals surface area contributed by atoms with Gasteiger partial charge >= 0.3 is 5.63 Å². The fourth-order valence-corrected chi connectivity index (χ4v) is 2.18. The molecule has 0 aliphatic heterocycles. The summed E-state index contributed by atoms with van der Waals surface area (Å²) in [4.78, 5) is 20.2. The molecule has 0 bridgehead atoms. The van der Waals surface area contributed by atoms with Crippen molar-refractivity contribution in [2.45, 2.75) is 20.8 Å². The Morgan fingerprint density at radius 1 is 1.18 bits per heavy atom. The van der Waals surface area contributed by atoms with Crippen molar-refractivity contribution in [3.63, 3.8) is 0 Å². The number of hydrogen-bond acceptors (Lipinski definition) is 6. The van der Waals surface area contributed by atoms with Crippen LogP contribution in [0.4, 0.5) is 0 Å². The quantitative estimate of drug-likeness (QED) is 0.731. The first-order valence-electron chi connectivity index (χ1n) is 6.70. The van der Waals surface area contributed by atoms with E-state index < -0.39 is 5.63 Å². The number of aliphatic hydroxyl groups is 1. The summed E-state index contributed by atoms with van der Waals surface area (Å²) in [5.41, 5.74) is 1.85. The van der Waals surface area contributed by atoms with Crippen molar-refractivity contribution in [1.29, 1.82) is 0 Å². The van der Waals surface area contributed by atoms with Crippen LogP contribution in [0.5, 0.6) is 0 Å². The average molecular weight is 298 g/mol. The van der Waals surface area contributed by atoms with Gasteiger partial charge in [0.05, 0.1) is 5.69 Å². The van der Waals surface area contributed by atoms with E-state index in [1.54, 1.807) is 26.0 Å².